The van der Waals surface area contributed by atoms with Gasteiger partial charge in [-0.1, -0.05) is 0 Å². The summed E-state index contributed by atoms with van der Waals surface area (Å²) in [6.45, 7) is 3.02. The van der Waals surface area contributed by atoms with Gasteiger partial charge < -0.3 is 14.5 Å². The van der Waals surface area contributed by atoms with Crippen LogP contribution in [0.15, 0.2) is 27.8 Å². The zero-order valence-corrected chi connectivity index (χ0v) is 14.2. The summed E-state index contributed by atoms with van der Waals surface area (Å²) in [7, 11) is 0. The van der Waals surface area contributed by atoms with Crippen LogP contribution in [0.4, 0.5) is 0 Å². The number of H-pyrrole nitrogens is 2. The third-order valence-corrected chi connectivity index (χ3v) is 4.91. The standard InChI is InChI=1S/C19H17N3O4/c1-9-6-14-15(26-5-4-25-14)8-11(9)13-7-12(10-2-3-10)16-17(20-13)18(23)22-19(24)21-16/h6-8,10H,2-5H2,1H3,(H2,21,22,23,24). The van der Waals surface area contributed by atoms with Crippen LogP contribution >= 0.6 is 0 Å². The average molecular weight is 351 g/mol. The van der Waals surface area contributed by atoms with E-state index in [1.165, 1.54) is 0 Å². The summed E-state index contributed by atoms with van der Waals surface area (Å²) in [4.78, 5) is 33.6. The van der Waals surface area contributed by atoms with Gasteiger partial charge in [0.2, 0.25) is 0 Å². The molecule has 3 heterocycles. The average Bonchev–Trinajstić information content (AvgIpc) is 3.45. The second-order valence-electron chi connectivity index (χ2n) is 6.81. The number of aryl methyl sites for hydroxylation is 1. The monoisotopic (exact) mass is 351 g/mol. The van der Waals surface area contributed by atoms with Crippen molar-refractivity contribution in [3.8, 4) is 22.8 Å². The Labute approximate surface area is 148 Å². The Balaban J connectivity index is 1.78. The summed E-state index contributed by atoms with van der Waals surface area (Å²) in [5, 5.41) is 0. The Bertz CT molecular complexity index is 1160. The number of fused-ring (bicyclic) bond motifs is 2. The van der Waals surface area contributed by atoms with Crippen LogP contribution in [0.1, 0.15) is 29.9 Å². The van der Waals surface area contributed by atoms with E-state index >= 15 is 0 Å². The van der Waals surface area contributed by atoms with Crippen LogP contribution in [0.2, 0.25) is 0 Å². The topological polar surface area (TPSA) is 97.1 Å². The van der Waals surface area contributed by atoms with E-state index in [0.29, 0.717) is 36.1 Å². The van der Waals surface area contributed by atoms with Crippen molar-refractivity contribution in [2.24, 2.45) is 0 Å². The van der Waals surface area contributed by atoms with Gasteiger partial charge in [0.1, 0.15) is 13.2 Å². The fourth-order valence-corrected chi connectivity index (χ4v) is 3.49. The van der Waals surface area contributed by atoms with E-state index in [2.05, 4.69) is 15.0 Å². The molecule has 0 radical (unpaired) electrons. The zero-order valence-electron chi connectivity index (χ0n) is 14.2. The lowest BCUT2D eigenvalue weighted by Crippen LogP contribution is -2.23. The third kappa shape index (κ3) is 2.39. The molecule has 0 bridgehead atoms. The highest BCUT2D eigenvalue weighted by atomic mass is 16.6. The Kier molecular flexibility index (Phi) is 3.19. The molecule has 7 nitrogen and oxygen atoms in total. The molecule has 0 amide bonds. The lowest BCUT2D eigenvalue weighted by Gasteiger charge is -2.20. The van der Waals surface area contributed by atoms with Gasteiger partial charge >= 0.3 is 5.69 Å². The fourth-order valence-electron chi connectivity index (χ4n) is 3.49. The summed E-state index contributed by atoms with van der Waals surface area (Å²) >= 11 is 0. The number of rotatable bonds is 2. The van der Waals surface area contributed by atoms with Crippen LogP contribution in [-0.2, 0) is 0 Å². The molecular weight excluding hydrogens is 334 g/mol. The SMILES string of the molecule is Cc1cc2c(cc1-c1cc(C3CC3)c3[nH]c(=O)[nH]c(=O)c3n1)OCCO2. The summed E-state index contributed by atoms with van der Waals surface area (Å²) in [5.74, 6) is 1.76. The van der Waals surface area contributed by atoms with Gasteiger partial charge in [0.25, 0.3) is 5.56 Å². The van der Waals surface area contributed by atoms with Gasteiger partial charge in [-0.2, -0.15) is 0 Å². The predicted molar refractivity (Wildman–Crippen MR) is 96.1 cm³/mol. The number of benzene rings is 1. The second kappa shape index (κ2) is 5.45. The van der Waals surface area contributed by atoms with Crippen LogP contribution in [0.5, 0.6) is 11.5 Å². The van der Waals surface area contributed by atoms with Crippen LogP contribution in [-0.4, -0.2) is 28.2 Å². The molecule has 0 atom stereocenters. The number of hydrogen-bond acceptors (Lipinski definition) is 5. The van der Waals surface area contributed by atoms with Gasteiger partial charge in [-0.15, -0.1) is 0 Å². The number of pyridine rings is 1. The molecule has 1 fully saturated rings. The lowest BCUT2D eigenvalue weighted by molar-refractivity contribution is 0.171. The van der Waals surface area contributed by atoms with Crippen molar-refractivity contribution in [2.45, 2.75) is 25.7 Å². The first-order chi connectivity index (χ1) is 12.6. The summed E-state index contributed by atoms with van der Waals surface area (Å²) < 4.78 is 11.3. The van der Waals surface area contributed by atoms with Crippen molar-refractivity contribution >= 4 is 11.0 Å². The Hall–Kier alpha value is -3.09. The lowest BCUT2D eigenvalue weighted by atomic mass is 10.00. The second-order valence-corrected chi connectivity index (χ2v) is 6.81. The molecule has 132 valence electrons. The Morgan fingerprint density at radius 3 is 2.50 bits per heavy atom. The first-order valence-corrected chi connectivity index (χ1v) is 8.68. The maximum atomic E-state index is 12.3. The molecular formula is C19H17N3O4. The summed E-state index contributed by atoms with van der Waals surface area (Å²) in [5.41, 5.74) is 3.39. The number of nitrogens with one attached hydrogen (secondary N) is 2. The Morgan fingerprint density at radius 2 is 1.77 bits per heavy atom. The maximum Gasteiger partial charge on any atom is 0.326 e. The highest BCUT2D eigenvalue weighted by Gasteiger charge is 2.28. The van der Waals surface area contributed by atoms with E-state index in [4.69, 9.17) is 9.47 Å². The molecule has 0 spiro atoms. The summed E-state index contributed by atoms with van der Waals surface area (Å²) in [6, 6.07) is 5.83. The Morgan fingerprint density at radius 1 is 1.04 bits per heavy atom. The van der Waals surface area contributed by atoms with Crippen molar-refractivity contribution in [1.82, 2.24) is 15.0 Å². The smallest absolute Gasteiger partial charge is 0.326 e. The largest absolute Gasteiger partial charge is 0.486 e. The normalized spacial score (nSPS) is 16.0. The molecule has 1 aromatic carbocycles. The van der Waals surface area contributed by atoms with Gasteiger partial charge in [0, 0.05) is 5.56 Å². The number of aromatic amines is 2. The van der Waals surface area contributed by atoms with E-state index in [9.17, 15) is 9.59 Å². The van der Waals surface area contributed by atoms with E-state index in [0.717, 1.165) is 35.3 Å². The van der Waals surface area contributed by atoms with E-state index in [1.807, 2.05) is 25.1 Å². The van der Waals surface area contributed by atoms with E-state index in [1.54, 1.807) is 0 Å². The number of ether oxygens (including phenoxy) is 2. The first-order valence-electron chi connectivity index (χ1n) is 8.68. The molecule has 1 aliphatic carbocycles. The molecule has 2 aliphatic rings. The van der Waals surface area contributed by atoms with Gasteiger partial charge in [-0.3, -0.25) is 9.78 Å². The molecule has 1 saturated carbocycles. The molecule has 26 heavy (non-hydrogen) atoms. The van der Waals surface area contributed by atoms with Gasteiger partial charge in [0.05, 0.1) is 11.2 Å². The minimum atomic E-state index is -0.505. The highest BCUT2D eigenvalue weighted by Crippen LogP contribution is 2.44. The number of hydrogen-bond donors (Lipinski definition) is 2. The van der Waals surface area contributed by atoms with E-state index < -0.39 is 11.2 Å². The molecule has 0 unspecified atom stereocenters. The number of aromatic nitrogens is 3. The van der Waals surface area contributed by atoms with Crippen molar-refractivity contribution in [2.75, 3.05) is 13.2 Å². The van der Waals surface area contributed by atoms with Gasteiger partial charge in [0.15, 0.2) is 17.0 Å². The van der Waals surface area contributed by atoms with E-state index in [-0.39, 0.29) is 5.52 Å². The first kappa shape index (κ1) is 15.2. The molecule has 1 aliphatic heterocycles. The van der Waals surface area contributed by atoms with Crippen LogP contribution < -0.4 is 20.7 Å². The van der Waals surface area contributed by atoms with Crippen LogP contribution in [0, 0.1) is 6.92 Å². The highest BCUT2D eigenvalue weighted by molar-refractivity contribution is 5.82. The molecule has 7 heteroatoms. The molecule has 2 N–H and O–H groups in total. The van der Waals surface area contributed by atoms with Crippen molar-refractivity contribution in [3.63, 3.8) is 0 Å². The van der Waals surface area contributed by atoms with Crippen LogP contribution in [0.25, 0.3) is 22.3 Å². The minimum absolute atomic E-state index is 0.262. The van der Waals surface area contributed by atoms with Gasteiger partial charge in [-0.25, -0.2) is 9.78 Å². The van der Waals surface area contributed by atoms with Crippen molar-refractivity contribution in [1.29, 1.82) is 0 Å². The predicted octanol–water partition coefficient (Wildman–Crippen LogP) is 2.24. The minimum Gasteiger partial charge on any atom is -0.486 e. The molecule has 0 saturated heterocycles. The molecule has 5 rings (SSSR count). The molecule has 2 aromatic heterocycles. The maximum absolute atomic E-state index is 12.3. The van der Waals surface area contributed by atoms with Crippen LogP contribution in [0.3, 0.4) is 0 Å². The van der Waals surface area contributed by atoms with Gasteiger partial charge in [-0.05, 0) is 55.0 Å². The van der Waals surface area contributed by atoms with Crippen molar-refractivity contribution in [3.05, 3.63) is 50.2 Å². The molecule has 3 aromatic rings. The quantitative estimate of drug-likeness (QED) is 0.738. The number of nitrogens with zero attached hydrogens (tertiary/aromatic N) is 1. The summed E-state index contributed by atoms with van der Waals surface area (Å²) in [6.07, 6.45) is 2.10. The zero-order chi connectivity index (χ0) is 17.8. The van der Waals surface area contributed by atoms with Crippen molar-refractivity contribution < 1.29 is 9.47 Å². The third-order valence-electron chi connectivity index (χ3n) is 4.91. The fraction of sp³-hybridized carbons (Fsp3) is 0.316.